The van der Waals surface area contributed by atoms with Crippen LogP contribution in [0, 0.1) is 0 Å². The normalized spacial score (nSPS) is 14.6. The Kier molecular flexibility index (Phi) is 12.5. The van der Waals surface area contributed by atoms with Gasteiger partial charge in [0.05, 0.1) is 18.1 Å². The van der Waals surface area contributed by atoms with Crippen LogP contribution in [0.15, 0.2) is 77.7 Å². The molecule has 0 bridgehead atoms. The van der Waals surface area contributed by atoms with Gasteiger partial charge in [-0.15, -0.1) is 0 Å². The highest BCUT2D eigenvalue weighted by atomic mass is 32.2. The van der Waals surface area contributed by atoms with Crippen LogP contribution in [0.2, 0.25) is 0 Å². The summed E-state index contributed by atoms with van der Waals surface area (Å²) in [7, 11) is -4.21. The largest absolute Gasteiger partial charge is 0.379 e. The summed E-state index contributed by atoms with van der Waals surface area (Å²) >= 11 is 0. The molecule has 0 spiro atoms. The number of unbranched alkanes of at least 4 members (excludes halogenated alkanes) is 2. The predicted octanol–water partition coefficient (Wildman–Crippen LogP) is 3.94. The van der Waals surface area contributed by atoms with Crippen molar-refractivity contribution in [2.75, 3.05) is 38.2 Å². The van der Waals surface area contributed by atoms with Gasteiger partial charge in [-0.05, 0) is 72.7 Å². The maximum absolute atomic E-state index is 13.7. The molecule has 11 heteroatoms. The van der Waals surface area contributed by atoms with Gasteiger partial charge in [0.1, 0.15) is 6.04 Å². The molecule has 2 amide bonds. The van der Waals surface area contributed by atoms with Crippen LogP contribution in [0.5, 0.6) is 0 Å². The van der Waals surface area contributed by atoms with E-state index in [1.54, 1.807) is 54.0 Å². The average molecular weight is 623 g/mol. The number of carbonyl (C=O) groups is 2. The van der Waals surface area contributed by atoms with Gasteiger partial charge in [0, 0.05) is 30.9 Å². The van der Waals surface area contributed by atoms with E-state index in [9.17, 15) is 23.2 Å². The number of sulfonamides is 1. The molecule has 1 aliphatic heterocycles. The smallest absolute Gasteiger partial charge is 0.261 e. The van der Waals surface area contributed by atoms with Gasteiger partial charge in [0.2, 0.25) is 10.0 Å². The quantitative estimate of drug-likeness (QED) is 0.115. The Bertz CT molecular complexity index is 1480. The van der Waals surface area contributed by atoms with Crippen molar-refractivity contribution < 1.29 is 28.0 Å². The van der Waals surface area contributed by atoms with Crippen molar-refractivity contribution in [3.05, 3.63) is 95.1 Å². The van der Waals surface area contributed by atoms with E-state index in [-0.39, 0.29) is 17.2 Å². The number of nitrogens with one attached hydrogen (secondary N) is 3. The summed E-state index contributed by atoms with van der Waals surface area (Å²) < 4.78 is 35.3. The molecule has 3 aromatic carbocycles. The first-order valence-corrected chi connectivity index (χ1v) is 16.6. The van der Waals surface area contributed by atoms with Crippen LogP contribution in [0.3, 0.4) is 0 Å². The van der Waals surface area contributed by atoms with E-state index < -0.39 is 22.0 Å². The minimum absolute atomic E-state index is 0.00370. The van der Waals surface area contributed by atoms with Crippen LogP contribution in [-0.4, -0.2) is 69.2 Å². The minimum atomic E-state index is -4.21. The molecule has 1 saturated heterocycles. The van der Waals surface area contributed by atoms with Gasteiger partial charge < -0.3 is 10.1 Å². The van der Waals surface area contributed by atoms with Crippen molar-refractivity contribution in [2.24, 2.45) is 0 Å². The molecular weight excluding hydrogens is 580 g/mol. The standard InChI is InChI=1S/C33H42N4O6S/c1-2-3-5-8-25-11-13-27(14-12-25)32(38)34-29-15-16-31(28(24-29)17-18-37-19-21-43-22-20-37)44(41,42)36-30(33(39)35-40)23-26-9-6-4-7-10-26/h4,6-7,9-16,24,30,36,40H,2-3,5,8,17-23H2,1H3,(H,34,38)(H,35,39)/t30-/m1/s1. The van der Waals surface area contributed by atoms with Gasteiger partial charge in [0.15, 0.2) is 0 Å². The fourth-order valence-electron chi connectivity index (χ4n) is 5.19. The molecular formula is C33H42N4O6S. The van der Waals surface area contributed by atoms with Crippen molar-refractivity contribution in [3.8, 4) is 0 Å². The summed E-state index contributed by atoms with van der Waals surface area (Å²) in [6.45, 7) is 5.45. The van der Waals surface area contributed by atoms with Crippen LogP contribution in [0.25, 0.3) is 0 Å². The number of hydrogen-bond acceptors (Lipinski definition) is 7. The molecule has 1 heterocycles. The summed E-state index contributed by atoms with van der Waals surface area (Å²) in [4.78, 5) is 27.8. The molecule has 0 radical (unpaired) electrons. The first-order valence-electron chi connectivity index (χ1n) is 15.1. The van der Waals surface area contributed by atoms with Gasteiger partial charge in [-0.25, -0.2) is 13.9 Å². The molecule has 0 unspecified atom stereocenters. The van der Waals surface area contributed by atoms with Gasteiger partial charge in [-0.2, -0.15) is 4.72 Å². The van der Waals surface area contributed by atoms with Gasteiger partial charge in [-0.1, -0.05) is 62.2 Å². The second-order valence-corrected chi connectivity index (χ2v) is 12.7. The number of hydrogen-bond donors (Lipinski definition) is 4. The molecule has 4 rings (SSSR count). The molecule has 44 heavy (non-hydrogen) atoms. The summed E-state index contributed by atoms with van der Waals surface area (Å²) in [5, 5.41) is 12.2. The summed E-state index contributed by atoms with van der Waals surface area (Å²) in [5.41, 5.74) is 4.95. The van der Waals surface area contributed by atoms with Crippen LogP contribution in [0.4, 0.5) is 5.69 Å². The summed E-state index contributed by atoms with van der Waals surface area (Å²) in [5.74, 6) is -1.16. The van der Waals surface area contributed by atoms with Crippen LogP contribution >= 0.6 is 0 Å². The van der Waals surface area contributed by atoms with Crippen molar-refractivity contribution in [1.29, 1.82) is 0 Å². The maximum atomic E-state index is 13.7. The third-order valence-electron chi connectivity index (χ3n) is 7.70. The molecule has 10 nitrogen and oxygen atoms in total. The van der Waals surface area contributed by atoms with Gasteiger partial charge >= 0.3 is 0 Å². The lowest BCUT2D eigenvalue weighted by Crippen LogP contribution is -2.47. The van der Waals surface area contributed by atoms with Gasteiger partial charge in [0.25, 0.3) is 11.8 Å². The van der Waals surface area contributed by atoms with Crippen LogP contribution < -0.4 is 15.5 Å². The highest BCUT2D eigenvalue weighted by molar-refractivity contribution is 7.89. The van der Waals surface area contributed by atoms with Crippen molar-refractivity contribution in [2.45, 2.75) is 56.4 Å². The van der Waals surface area contributed by atoms with Crippen molar-refractivity contribution >= 4 is 27.5 Å². The molecule has 1 fully saturated rings. The predicted molar refractivity (Wildman–Crippen MR) is 169 cm³/mol. The number of nitrogens with zero attached hydrogens (tertiary/aromatic N) is 1. The van der Waals surface area contributed by atoms with E-state index >= 15 is 0 Å². The Morgan fingerprint density at radius 2 is 1.66 bits per heavy atom. The lowest BCUT2D eigenvalue weighted by atomic mass is 10.0. The fraction of sp³-hybridized carbons (Fsp3) is 0.394. The SMILES string of the molecule is CCCCCc1ccc(C(=O)Nc2ccc(S(=O)(=O)N[C@H](Cc3ccccc3)C(=O)NO)c(CCN3CCOCC3)c2)cc1. The van der Waals surface area contributed by atoms with E-state index in [1.807, 2.05) is 18.2 Å². The Morgan fingerprint density at radius 1 is 0.932 bits per heavy atom. The number of carbonyl (C=O) groups excluding carboxylic acids is 2. The third kappa shape index (κ3) is 9.70. The Morgan fingerprint density at radius 3 is 2.34 bits per heavy atom. The minimum Gasteiger partial charge on any atom is -0.379 e. The molecule has 1 atom stereocenters. The van der Waals surface area contributed by atoms with Gasteiger partial charge in [-0.3, -0.25) is 19.7 Å². The second-order valence-electron chi connectivity index (χ2n) is 11.0. The zero-order valence-electron chi connectivity index (χ0n) is 25.1. The molecule has 0 aliphatic carbocycles. The maximum Gasteiger partial charge on any atom is 0.261 e. The fourth-order valence-corrected chi connectivity index (χ4v) is 6.63. The number of morpholine rings is 1. The number of amides is 2. The van der Waals surface area contributed by atoms with E-state index in [2.05, 4.69) is 21.9 Å². The van der Waals surface area contributed by atoms with E-state index in [4.69, 9.17) is 4.74 Å². The van der Waals surface area contributed by atoms with E-state index in [0.29, 0.717) is 43.0 Å². The molecule has 4 N–H and O–H groups in total. The molecule has 0 aromatic heterocycles. The number of rotatable bonds is 15. The lowest BCUT2D eigenvalue weighted by Gasteiger charge is -2.27. The molecule has 1 aliphatic rings. The number of ether oxygens (including phenoxy) is 1. The van der Waals surface area contributed by atoms with E-state index in [1.165, 1.54) is 18.1 Å². The van der Waals surface area contributed by atoms with Crippen molar-refractivity contribution in [1.82, 2.24) is 15.1 Å². The third-order valence-corrected chi connectivity index (χ3v) is 9.27. The molecule has 236 valence electrons. The topological polar surface area (TPSA) is 137 Å². The first kappa shape index (κ1) is 33.3. The average Bonchev–Trinajstić information content (AvgIpc) is 3.04. The Balaban J connectivity index is 1.55. The van der Waals surface area contributed by atoms with Crippen molar-refractivity contribution in [3.63, 3.8) is 0 Å². The number of anilines is 1. The Hall–Kier alpha value is -3.61. The lowest BCUT2D eigenvalue weighted by molar-refractivity contribution is -0.130. The number of hydroxylamine groups is 1. The summed E-state index contributed by atoms with van der Waals surface area (Å²) in [6, 6.07) is 19.9. The zero-order chi connectivity index (χ0) is 31.4. The Labute approximate surface area is 259 Å². The van der Waals surface area contributed by atoms with E-state index in [0.717, 1.165) is 37.9 Å². The molecule has 3 aromatic rings. The van der Waals surface area contributed by atoms with Crippen LogP contribution in [0.1, 0.15) is 53.2 Å². The number of benzene rings is 3. The second kappa shape index (κ2) is 16.5. The summed E-state index contributed by atoms with van der Waals surface area (Å²) in [6.07, 6.45) is 4.83. The molecule has 0 saturated carbocycles. The first-order chi connectivity index (χ1) is 21.3. The number of aryl methyl sites for hydroxylation is 1. The monoisotopic (exact) mass is 622 g/mol. The highest BCUT2D eigenvalue weighted by Gasteiger charge is 2.28. The van der Waals surface area contributed by atoms with Crippen LogP contribution in [-0.2, 0) is 38.8 Å². The highest BCUT2D eigenvalue weighted by Crippen LogP contribution is 2.23. The zero-order valence-corrected chi connectivity index (χ0v) is 25.9.